The predicted molar refractivity (Wildman–Crippen MR) is 78.9 cm³/mol. The van der Waals surface area contributed by atoms with Crippen LogP contribution in [-0.4, -0.2) is 11.2 Å². The van der Waals surface area contributed by atoms with E-state index in [4.69, 9.17) is 10.5 Å². The highest BCUT2D eigenvalue weighted by atomic mass is 79.9. The molecule has 2 N–H and O–H groups in total. The average molecular weight is 323 g/mol. The van der Waals surface area contributed by atoms with Crippen molar-refractivity contribution >= 4 is 21.6 Å². The Hall–Kier alpha value is -1.59. The fourth-order valence-corrected chi connectivity index (χ4v) is 2.15. The highest BCUT2D eigenvalue weighted by molar-refractivity contribution is 9.10. The Morgan fingerprint density at radius 2 is 2.11 bits per heavy atom. The maximum atomic E-state index is 11.5. The maximum absolute atomic E-state index is 11.5. The number of benzene rings is 1. The molecule has 2 rings (SSSR count). The normalized spacial score (nSPS) is 10.6. The van der Waals surface area contributed by atoms with Crippen LogP contribution in [0, 0.1) is 0 Å². The van der Waals surface area contributed by atoms with Gasteiger partial charge in [0.15, 0.2) is 0 Å². The van der Waals surface area contributed by atoms with Crippen LogP contribution < -0.4 is 11.3 Å². The number of nitrogens with zero attached hydrogens (tertiary/aromatic N) is 1. The molecule has 100 valence electrons. The van der Waals surface area contributed by atoms with Gasteiger partial charge in [-0.15, -0.1) is 0 Å². The summed E-state index contributed by atoms with van der Waals surface area (Å²) in [5, 5.41) is 0. The summed E-state index contributed by atoms with van der Waals surface area (Å²) in [6.07, 6.45) is 1.63. The van der Waals surface area contributed by atoms with Gasteiger partial charge in [0.1, 0.15) is 0 Å². The maximum Gasteiger partial charge on any atom is 0.250 e. The van der Waals surface area contributed by atoms with E-state index < -0.39 is 0 Å². The van der Waals surface area contributed by atoms with Crippen molar-refractivity contribution in [3.63, 3.8) is 0 Å². The van der Waals surface area contributed by atoms with E-state index in [1.807, 2.05) is 24.3 Å². The number of rotatable bonds is 5. The number of halogens is 1. The molecule has 0 radical (unpaired) electrons. The van der Waals surface area contributed by atoms with E-state index in [9.17, 15) is 4.79 Å². The summed E-state index contributed by atoms with van der Waals surface area (Å²) >= 11 is 3.41. The van der Waals surface area contributed by atoms with Crippen molar-refractivity contribution in [2.24, 2.45) is 0 Å². The molecule has 1 aromatic carbocycles. The number of aromatic nitrogens is 1. The summed E-state index contributed by atoms with van der Waals surface area (Å²) in [6, 6.07) is 11.0. The number of hydrogen-bond donors (Lipinski definition) is 1. The lowest BCUT2D eigenvalue weighted by Crippen LogP contribution is -2.21. The van der Waals surface area contributed by atoms with Gasteiger partial charge in [-0.1, -0.05) is 28.1 Å². The van der Waals surface area contributed by atoms with Crippen molar-refractivity contribution in [3.05, 3.63) is 63.0 Å². The van der Waals surface area contributed by atoms with Crippen LogP contribution >= 0.6 is 15.9 Å². The van der Waals surface area contributed by atoms with Crippen molar-refractivity contribution in [1.29, 1.82) is 0 Å². The van der Waals surface area contributed by atoms with Gasteiger partial charge >= 0.3 is 0 Å². The van der Waals surface area contributed by atoms with Crippen LogP contribution in [0.5, 0.6) is 0 Å². The molecular formula is C14H15BrN2O2. The molecule has 5 heteroatoms. The number of pyridine rings is 1. The highest BCUT2D eigenvalue weighted by Gasteiger charge is 1.98. The zero-order valence-corrected chi connectivity index (χ0v) is 12.0. The summed E-state index contributed by atoms with van der Waals surface area (Å²) < 4.78 is 8.13. The third-order valence-electron chi connectivity index (χ3n) is 2.64. The summed E-state index contributed by atoms with van der Waals surface area (Å²) in [5.41, 5.74) is 7.23. The number of ether oxygens (including phenoxy) is 1. The molecule has 0 amide bonds. The Kier molecular flexibility index (Phi) is 4.76. The fraction of sp³-hybridized carbons (Fsp3) is 0.214. The number of nitrogen functional groups attached to an aromatic ring is 1. The standard InChI is InChI=1S/C14H15BrN2O2/c15-12-3-1-2-11(8-12)10-19-7-6-17-9-13(16)4-5-14(17)18/h1-5,8-9H,6-7,10,16H2. The first kappa shape index (κ1) is 13.8. The molecule has 0 atom stereocenters. The minimum atomic E-state index is -0.0692. The second kappa shape index (κ2) is 6.54. The Labute approximate surface area is 119 Å². The molecule has 19 heavy (non-hydrogen) atoms. The van der Waals surface area contributed by atoms with Gasteiger partial charge in [0.2, 0.25) is 0 Å². The SMILES string of the molecule is Nc1ccc(=O)n(CCOCc2cccc(Br)c2)c1. The molecule has 4 nitrogen and oxygen atoms in total. The lowest BCUT2D eigenvalue weighted by Gasteiger charge is -2.07. The lowest BCUT2D eigenvalue weighted by molar-refractivity contribution is 0.112. The predicted octanol–water partition coefficient (Wildman–Crippen LogP) is 2.41. The van der Waals surface area contributed by atoms with Gasteiger partial charge < -0.3 is 15.0 Å². The molecule has 1 aromatic heterocycles. The van der Waals surface area contributed by atoms with E-state index >= 15 is 0 Å². The van der Waals surface area contributed by atoms with Gasteiger partial charge in [0.05, 0.1) is 13.2 Å². The lowest BCUT2D eigenvalue weighted by atomic mass is 10.2. The van der Waals surface area contributed by atoms with E-state index in [1.165, 1.54) is 6.07 Å². The van der Waals surface area contributed by atoms with Crippen LogP contribution in [0.15, 0.2) is 51.9 Å². The van der Waals surface area contributed by atoms with Crippen molar-refractivity contribution in [2.75, 3.05) is 12.3 Å². The van der Waals surface area contributed by atoms with Gasteiger partial charge in [-0.2, -0.15) is 0 Å². The number of nitrogens with two attached hydrogens (primary N) is 1. The van der Waals surface area contributed by atoms with E-state index in [1.54, 1.807) is 16.8 Å². The zero-order chi connectivity index (χ0) is 13.7. The van der Waals surface area contributed by atoms with Crippen LogP contribution in [-0.2, 0) is 17.9 Å². The molecule has 0 saturated heterocycles. The second-order valence-electron chi connectivity index (χ2n) is 4.18. The Balaban J connectivity index is 1.84. The first-order chi connectivity index (χ1) is 9.15. The fourth-order valence-electron chi connectivity index (χ4n) is 1.70. The summed E-state index contributed by atoms with van der Waals surface area (Å²) in [7, 11) is 0. The molecule has 0 fully saturated rings. The topological polar surface area (TPSA) is 57.2 Å². The summed E-state index contributed by atoms with van der Waals surface area (Å²) in [5.74, 6) is 0. The van der Waals surface area contributed by atoms with E-state index in [0.717, 1.165) is 10.0 Å². The molecule has 0 aliphatic rings. The van der Waals surface area contributed by atoms with Gasteiger partial charge in [-0.3, -0.25) is 4.79 Å². The third-order valence-corrected chi connectivity index (χ3v) is 3.13. The molecule has 0 aliphatic heterocycles. The number of anilines is 1. The van der Waals surface area contributed by atoms with Crippen molar-refractivity contribution in [1.82, 2.24) is 4.57 Å². The third kappa shape index (κ3) is 4.22. The molecule has 0 aliphatic carbocycles. The van der Waals surface area contributed by atoms with Crippen LogP contribution in [0.25, 0.3) is 0 Å². The Bertz CT molecular complexity index is 610. The Morgan fingerprint density at radius 3 is 2.89 bits per heavy atom. The monoisotopic (exact) mass is 322 g/mol. The minimum absolute atomic E-state index is 0.0692. The van der Waals surface area contributed by atoms with Crippen LogP contribution in [0.2, 0.25) is 0 Å². The van der Waals surface area contributed by atoms with Gasteiger partial charge in [0, 0.05) is 29.0 Å². The van der Waals surface area contributed by atoms with E-state index in [0.29, 0.717) is 25.4 Å². The molecule has 2 aromatic rings. The van der Waals surface area contributed by atoms with Crippen molar-refractivity contribution in [3.8, 4) is 0 Å². The van der Waals surface area contributed by atoms with Gasteiger partial charge in [0.25, 0.3) is 5.56 Å². The average Bonchev–Trinajstić information content (AvgIpc) is 2.39. The van der Waals surface area contributed by atoms with Gasteiger partial charge in [-0.25, -0.2) is 0 Å². The summed E-state index contributed by atoms with van der Waals surface area (Å²) in [4.78, 5) is 11.5. The number of hydrogen-bond acceptors (Lipinski definition) is 3. The largest absolute Gasteiger partial charge is 0.398 e. The molecular weight excluding hydrogens is 308 g/mol. The molecule has 0 saturated carbocycles. The molecule has 0 unspecified atom stereocenters. The van der Waals surface area contributed by atoms with Crippen molar-refractivity contribution < 1.29 is 4.74 Å². The van der Waals surface area contributed by atoms with E-state index in [2.05, 4.69) is 15.9 Å². The minimum Gasteiger partial charge on any atom is -0.398 e. The highest BCUT2D eigenvalue weighted by Crippen LogP contribution is 2.12. The second-order valence-corrected chi connectivity index (χ2v) is 5.09. The Morgan fingerprint density at radius 1 is 1.26 bits per heavy atom. The van der Waals surface area contributed by atoms with Crippen LogP contribution in [0.1, 0.15) is 5.56 Å². The van der Waals surface area contributed by atoms with Crippen LogP contribution in [0.4, 0.5) is 5.69 Å². The first-order valence-electron chi connectivity index (χ1n) is 5.93. The zero-order valence-electron chi connectivity index (χ0n) is 10.4. The first-order valence-corrected chi connectivity index (χ1v) is 6.72. The van der Waals surface area contributed by atoms with Crippen molar-refractivity contribution in [2.45, 2.75) is 13.2 Å². The van der Waals surface area contributed by atoms with E-state index in [-0.39, 0.29) is 5.56 Å². The summed E-state index contributed by atoms with van der Waals surface area (Å²) in [6.45, 7) is 1.49. The quantitative estimate of drug-likeness (QED) is 0.860. The van der Waals surface area contributed by atoms with Gasteiger partial charge in [-0.05, 0) is 23.8 Å². The molecule has 0 spiro atoms. The van der Waals surface area contributed by atoms with Crippen LogP contribution in [0.3, 0.4) is 0 Å². The molecule has 1 heterocycles. The smallest absolute Gasteiger partial charge is 0.250 e. The molecule has 0 bridgehead atoms.